The molecule has 7 heteroatoms. The summed E-state index contributed by atoms with van der Waals surface area (Å²) >= 11 is 7.18. The summed E-state index contributed by atoms with van der Waals surface area (Å²) in [6.07, 6.45) is 0. The molecule has 0 bridgehead atoms. The number of esters is 1. The van der Waals surface area contributed by atoms with Crippen molar-refractivity contribution >= 4 is 46.1 Å². The molecule has 0 fully saturated rings. The van der Waals surface area contributed by atoms with E-state index in [1.54, 1.807) is 26.0 Å². The molecular weight excluding hydrogens is 324 g/mol. The number of urea groups is 1. The average molecular weight is 339 g/mol. The van der Waals surface area contributed by atoms with Crippen molar-refractivity contribution in [2.45, 2.75) is 19.6 Å². The average Bonchev–Trinajstić information content (AvgIpc) is 2.46. The number of hydrogen-bond donors (Lipinski definition) is 0. The topological polar surface area (TPSA) is 68.1 Å². The maximum Gasteiger partial charge on any atom is 0.367 e. The van der Waals surface area contributed by atoms with Gasteiger partial charge in [0, 0.05) is 16.5 Å². The van der Waals surface area contributed by atoms with Crippen LogP contribution in [0.4, 0.5) is 4.79 Å². The van der Waals surface area contributed by atoms with Gasteiger partial charge in [0.25, 0.3) is 0 Å². The first-order valence-corrected chi connectivity index (χ1v) is 8.09. The second-order valence-corrected chi connectivity index (χ2v) is 6.02. The summed E-state index contributed by atoms with van der Waals surface area (Å²) in [6.45, 7) is 3.64. The van der Waals surface area contributed by atoms with Gasteiger partial charge >= 0.3 is 12.0 Å². The van der Waals surface area contributed by atoms with Crippen LogP contribution in [0.25, 0.3) is 0 Å². The highest BCUT2D eigenvalue weighted by Crippen LogP contribution is 2.25. The van der Waals surface area contributed by atoms with Gasteiger partial charge in [-0.25, -0.2) is 4.79 Å². The predicted molar refractivity (Wildman–Crippen MR) is 88.8 cm³/mol. The minimum Gasteiger partial charge on any atom is -0.465 e. The van der Waals surface area contributed by atoms with E-state index in [9.17, 15) is 9.59 Å². The lowest BCUT2D eigenvalue weighted by atomic mass is 10.1. The van der Waals surface area contributed by atoms with E-state index in [2.05, 4.69) is 9.98 Å². The van der Waals surface area contributed by atoms with E-state index < -0.39 is 17.9 Å². The zero-order valence-corrected chi connectivity index (χ0v) is 13.8. The van der Waals surface area contributed by atoms with Crippen LogP contribution in [0, 0.1) is 5.92 Å². The van der Waals surface area contributed by atoms with E-state index in [1.165, 1.54) is 11.8 Å². The van der Waals surface area contributed by atoms with Gasteiger partial charge in [0.2, 0.25) is 0 Å². The van der Waals surface area contributed by atoms with Crippen LogP contribution in [0.3, 0.4) is 0 Å². The highest BCUT2D eigenvalue weighted by molar-refractivity contribution is 8.13. The third-order valence-electron chi connectivity index (χ3n) is 2.96. The van der Waals surface area contributed by atoms with Gasteiger partial charge in [0.1, 0.15) is 5.92 Å². The molecule has 5 nitrogen and oxygen atoms in total. The number of carbonyl (C=O) groups excluding carboxylic acids is 2. The zero-order valence-electron chi connectivity index (χ0n) is 12.2. The fraction of sp³-hybridized carbons (Fsp3) is 0.333. The van der Waals surface area contributed by atoms with Crippen LogP contribution < -0.4 is 0 Å². The maximum absolute atomic E-state index is 12.1. The van der Waals surface area contributed by atoms with Crippen LogP contribution in [0.5, 0.6) is 0 Å². The number of halogens is 1. The molecular formula is C15H15ClN2O3S. The number of rotatable bonds is 4. The number of carbonyl (C=O) groups is 2. The van der Waals surface area contributed by atoms with Gasteiger partial charge in [-0.2, -0.15) is 9.98 Å². The predicted octanol–water partition coefficient (Wildman–Crippen LogP) is 3.75. The standard InChI is InChI=1S/C15H15ClN2O3S/c1-3-21-14(19)12-9(2)17-15(20)18-13(12)22-8-10-4-6-11(16)7-5-10/h4-7,12H,3,8H2,1-2H3. The lowest BCUT2D eigenvalue weighted by molar-refractivity contribution is -0.143. The summed E-state index contributed by atoms with van der Waals surface area (Å²) < 4.78 is 5.04. The van der Waals surface area contributed by atoms with E-state index in [4.69, 9.17) is 16.3 Å². The van der Waals surface area contributed by atoms with Gasteiger partial charge in [0.05, 0.1) is 11.7 Å². The smallest absolute Gasteiger partial charge is 0.367 e. The minimum atomic E-state index is -0.699. The first-order valence-electron chi connectivity index (χ1n) is 6.73. The van der Waals surface area contributed by atoms with Crippen molar-refractivity contribution in [3.05, 3.63) is 34.9 Å². The van der Waals surface area contributed by atoms with Gasteiger partial charge in [-0.3, -0.25) is 4.79 Å². The monoisotopic (exact) mass is 338 g/mol. The van der Waals surface area contributed by atoms with Crippen molar-refractivity contribution in [1.29, 1.82) is 0 Å². The molecule has 0 radical (unpaired) electrons. The van der Waals surface area contributed by atoms with Gasteiger partial charge in [-0.1, -0.05) is 23.7 Å². The first kappa shape index (κ1) is 16.7. The summed E-state index contributed by atoms with van der Waals surface area (Å²) in [5.74, 6) is -0.555. The molecule has 2 amide bonds. The highest BCUT2D eigenvalue weighted by atomic mass is 35.5. The third kappa shape index (κ3) is 4.18. The minimum absolute atomic E-state index is 0.270. The molecule has 116 valence electrons. The van der Waals surface area contributed by atoms with Crippen LogP contribution in [-0.2, 0) is 15.3 Å². The molecule has 1 atom stereocenters. The maximum atomic E-state index is 12.1. The van der Waals surface area contributed by atoms with Gasteiger partial charge < -0.3 is 4.74 Å². The van der Waals surface area contributed by atoms with Crippen molar-refractivity contribution in [2.24, 2.45) is 15.9 Å². The summed E-state index contributed by atoms with van der Waals surface area (Å²) in [5.41, 5.74) is 1.43. The molecule has 22 heavy (non-hydrogen) atoms. The molecule has 1 aliphatic rings. The number of nitrogens with zero attached hydrogens (tertiary/aromatic N) is 2. The second kappa shape index (κ2) is 7.56. The van der Waals surface area contributed by atoms with Crippen LogP contribution in [0.1, 0.15) is 19.4 Å². The summed E-state index contributed by atoms with van der Waals surface area (Å²) in [5, 5.41) is 1.08. The lowest BCUT2D eigenvalue weighted by Crippen LogP contribution is -2.34. The van der Waals surface area contributed by atoms with Crippen molar-refractivity contribution < 1.29 is 14.3 Å². The Hall–Kier alpha value is -1.66. The third-order valence-corrected chi connectivity index (χ3v) is 4.32. The molecule has 0 aromatic heterocycles. The molecule has 0 spiro atoms. The van der Waals surface area contributed by atoms with Crippen molar-refractivity contribution in [3.8, 4) is 0 Å². The molecule has 1 aliphatic heterocycles. The number of amides is 2. The van der Waals surface area contributed by atoms with Crippen molar-refractivity contribution in [3.63, 3.8) is 0 Å². The Bertz CT molecular complexity index is 641. The van der Waals surface area contributed by atoms with Gasteiger partial charge in [-0.15, -0.1) is 11.8 Å². The van der Waals surface area contributed by atoms with E-state index >= 15 is 0 Å². The highest BCUT2D eigenvalue weighted by Gasteiger charge is 2.33. The summed E-state index contributed by atoms with van der Waals surface area (Å²) in [4.78, 5) is 31.2. The van der Waals surface area contributed by atoms with E-state index in [0.29, 0.717) is 21.5 Å². The van der Waals surface area contributed by atoms with Crippen LogP contribution >= 0.6 is 23.4 Å². The Morgan fingerprint density at radius 1 is 1.32 bits per heavy atom. The van der Waals surface area contributed by atoms with Crippen LogP contribution in [-0.4, -0.2) is 29.4 Å². The molecule has 0 saturated heterocycles. The molecule has 1 aromatic rings. The Morgan fingerprint density at radius 2 is 2.00 bits per heavy atom. The summed E-state index contributed by atoms with van der Waals surface area (Å²) in [7, 11) is 0. The molecule has 0 saturated carbocycles. The molecule has 0 N–H and O–H groups in total. The molecule has 1 unspecified atom stereocenters. The van der Waals surface area contributed by atoms with Gasteiger partial charge in [0.15, 0.2) is 0 Å². The number of ether oxygens (including phenoxy) is 1. The Balaban J connectivity index is 2.13. The Kier molecular flexibility index (Phi) is 5.74. The molecule has 2 rings (SSSR count). The van der Waals surface area contributed by atoms with Crippen LogP contribution in [0.15, 0.2) is 34.3 Å². The number of benzene rings is 1. The summed E-state index contributed by atoms with van der Waals surface area (Å²) in [6, 6.07) is 6.78. The van der Waals surface area contributed by atoms with Crippen molar-refractivity contribution in [2.75, 3.05) is 6.61 Å². The van der Waals surface area contributed by atoms with Crippen molar-refractivity contribution in [1.82, 2.24) is 0 Å². The van der Waals surface area contributed by atoms with E-state index in [0.717, 1.165) is 5.56 Å². The molecule has 1 heterocycles. The first-order chi connectivity index (χ1) is 10.5. The SMILES string of the molecule is CCOC(=O)C1C(C)=NC(=O)N=C1SCc1ccc(Cl)cc1. The zero-order chi connectivity index (χ0) is 16.1. The van der Waals surface area contributed by atoms with E-state index in [-0.39, 0.29) is 6.61 Å². The largest absolute Gasteiger partial charge is 0.465 e. The second-order valence-electron chi connectivity index (χ2n) is 4.59. The van der Waals surface area contributed by atoms with Gasteiger partial charge in [-0.05, 0) is 31.5 Å². The fourth-order valence-electron chi connectivity index (χ4n) is 1.93. The normalized spacial score (nSPS) is 17.8. The molecule has 1 aromatic carbocycles. The van der Waals surface area contributed by atoms with Crippen LogP contribution in [0.2, 0.25) is 5.02 Å². The number of aliphatic imine (C=N–C) groups is 2. The lowest BCUT2D eigenvalue weighted by Gasteiger charge is -2.19. The quantitative estimate of drug-likeness (QED) is 0.784. The fourth-order valence-corrected chi connectivity index (χ4v) is 3.14. The number of hydrogen-bond acceptors (Lipinski definition) is 4. The Labute approximate surface area is 137 Å². The number of thioether (sulfide) groups is 1. The Morgan fingerprint density at radius 3 is 2.64 bits per heavy atom. The van der Waals surface area contributed by atoms with E-state index in [1.807, 2.05) is 12.1 Å². The molecule has 0 aliphatic carbocycles.